The zero-order valence-corrected chi connectivity index (χ0v) is 14.8. The molecule has 6 nitrogen and oxygen atoms in total. The molecule has 0 aliphatic heterocycles. The van der Waals surface area contributed by atoms with Crippen molar-refractivity contribution in [1.82, 2.24) is 19.8 Å². The van der Waals surface area contributed by atoms with Crippen molar-refractivity contribution >= 4 is 51.1 Å². The van der Waals surface area contributed by atoms with Gasteiger partial charge in [-0.3, -0.25) is 4.79 Å². The highest BCUT2D eigenvalue weighted by atomic mass is 35.5. The summed E-state index contributed by atoms with van der Waals surface area (Å²) in [6.07, 6.45) is 1.55. The zero-order valence-electron chi connectivity index (χ0n) is 12.5. The Bertz CT molecular complexity index is 1060. The highest BCUT2D eigenvalue weighted by Gasteiger charge is 2.13. The summed E-state index contributed by atoms with van der Waals surface area (Å²) in [6.45, 7) is 0. The molecule has 2 aromatic heterocycles. The summed E-state index contributed by atoms with van der Waals surface area (Å²) in [5.41, 5.74) is 1.87. The van der Waals surface area contributed by atoms with Crippen LogP contribution in [0.1, 0.15) is 10.4 Å². The van der Waals surface area contributed by atoms with E-state index in [1.807, 2.05) is 18.2 Å². The number of carbonyl (C=O) groups is 1. The first-order valence-electron chi connectivity index (χ1n) is 7.14. The number of carbonyl (C=O) groups excluding carboxylic acids is 1. The molecule has 0 saturated heterocycles. The normalized spacial score (nSPS) is 11.0. The van der Waals surface area contributed by atoms with Crippen LogP contribution in [0.25, 0.3) is 15.5 Å². The minimum atomic E-state index is -0.308. The molecule has 1 N–H and O–H groups in total. The van der Waals surface area contributed by atoms with Crippen molar-refractivity contribution in [3.05, 3.63) is 64.4 Å². The monoisotopic (exact) mass is 389 g/mol. The third kappa shape index (κ3) is 3.21. The summed E-state index contributed by atoms with van der Waals surface area (Å²) >= 11 is 13.4. The van der Waals surface area contributed by atoms with E-state index in [-0.39, 0.29) is 5.91 Å². The Labute approximate surface area is 156 Å². The maximum Gasteiger partial charge on any atom is 0.257 e. The van der Waals surface area contributed by atoms with Crippen LogP contribution in [0.5, 0.6) is 0 Å². The molecule has 1 amide bonds. The van der Waals surface area contributed by atoms with Crippen LogP contribution in [0.4, 0.5) is 5.69 Å². The second-order valence-corrected chi connectivity index (χ2v) is 6.92. The van der Waals surface area contributed by atoms with Crippen LogP contribution in [0.2, 0.25) is 10.0 Å². The van der Waals surface area contributed by atoms with Gasteiger partial charge in [-0.2, -0.15) is 9.61 Å². The summed E-state index contributed by atoms with van der Waals surface area (Å²) in [5.74, 6) is -0.308. The molecule has 2 aromatic carbocycles. The number of benzene rings is 2. The molecule has 9 heteroatoms. The smallest absolute Gasteiger partial charge is 0.257 e. The maximum absolute atomic E-state index is 12.4. The van der Waals surface area contributed by atoms with Crippen LogP contribution in [0, 0.1) is 0 Å². The van der Waals surface area contributed by atoms with Gasteiger partial charge in [-0.25, -0.2) is 0 Å². The van der Waals surface area contributed by atoms with Crippen LogP contribution in [-0.2, 0) is 0 Å². The Morgan fingerprint density at radius 1 is 1.16 bits per heavy atom. The third-order valence-electron chi connectivity index (χ3n) is 3.43. The number of nitrogens with zero attached hydrogens (tertiary/aromatic N) is 4. The average Bonchev–Trinajstić information content (AvgIpc) is 3.16. The number of hydrogen-bond acceptors (Lipinski definition) is 5. The number of hydrogen-bond donors (Lipinski definition) is 1. The molecule has 124 valence electrons. The Hall–Kier alpha value is -2.48. The van der Waals surface area contributed by atoms with Gasteiger partial charge in [-0.1, -0.05) is 46.7 Å². The van der Waals surface area contributed by atoms with Crippen molar-refractivity contribution in [2.45, 2.75) is 0 Å². The van der Waals surface area contributed by atoms with E-state index in [0.29, 0.717) is 26.3 Å². The number of aromatic nitrogens is 4. The van der Waals surface area contributed by atoms with E-state index in [4.69, 9.17) is 23.2 Å². The number of fused-ring (bicyclic) bond motifs is 1. The van der Waals surface area contributed by atoms with Gasteiger partial charge in [0.05, 0.1) is 10.6 Å². The summed E-state index contributed by atoms with van der Waals surface area (Å²) in [4.78, 5) is 13.1. The van der Waals surface area contributed by atoms with Gasteiger partial charge in [0.25, 0.3) is 5.91 Å². The van der Waals surface area contributed by atoms with Crippen LogP contribution in [0.3, 0.4) is 0 Å². The molecule has 0 atom stereocenters. The fourth-order valence-corrected chi connectivity index (χ4v) is 3.59. The highest BCUT2D eigenvalue weighted by Crippen LogP contribution is 2.27. The zero-order chi connectivity index (χ0) is 17.4. The number of halogens is 2. The lowest BCUT2D eigenvalue weighted by Crippen LogP contribution is -2.12. The molecule has 4 rings (SSSR count). The Kier molecular flexibility index (Phi) is 4.12. The molecular formula is C16H9Cl2N5OS. The third-order valence-corrected chi connectivity index (χ3v) is 4.94. The van der Waals surface area contributed by atoms with E-state index in [2.05, 4.69) is 20.6 Å². The standard InChI is InChI=1S/C16H9Cl2N5OS/c17-10-4-5-12(13(18)7-10)14(24)20-11-3-1-2-9(6-11)15-22-23-8-19-21-16(23)25-15/h1-8H,(H,20,24). The van der Waals surface area contributed by atoms with Crippen LogP contribution >= 0.6 is 34.5 Å². The van der Waals surface area contributed by atoms with E-state index in [0.717, 1.165) is 10.6 Å². The van der Waals surface area contributed by atoms with Crippen molar-refractivity contribution < 1.29 is 4.79 Å². The van der Waals surface area contributed by atoms with Gasteiger partial charge in [-0.15, -0.1) is 10.2 Å². The van der Waals surface area contributed by atoms with Gasteiger partial charge in [-0.05, 0) is 30.3 Å². The summed E-state index contributed by atoms with van der Waals surface area (Å²) in [7, 11) is 0. The molecule has 0 unspecified atom stereocenters. The first-order chi connectivity index (χ1) is 12.1. The molecule has 0 aliphatic carbocycles. The summed E-state index contributed by atoms with van der Waals surface area (Å²) < 4.78 is 1.61. The van der Waals surface area contributed by atoms with E-state index in [1.165, 1.54) is 17.4 Å². The molecular weight excluding hydrogens is 381 g/mol. The number of anilines is 1. The fourth-order valence-electron chi connectivity index (χ4n) is 2.28. The lowest BCUT2D eigenvalue weighted by molar-refractivity contribution is 0.102. The van der Waals surface area contributed by atoms with Gasteiger partial charge in [0.15, 0.2) is 0 Å². The predicted octanol–water partition coefficient (Wildman–Crippen LogP) is 4.41. The van der Waals surface area contributed by atoms with Crippen molar-refractivity contribution in [2.75, 3.05) is 5.32 Å². The lowest BCUT2D eigenvalue weighted by Gasteiger charge is -2.08. The van der Waals surface area contributed by atoms with E-state index < -0.39 is 0 Å². The minimum absolute atomic E-state index is 0.301. The number of amides is 1. The Morgan fingerprint density at radius 2 is 2.04 bits per heavy atom. The van der Waals surface area contributed by atoms with Crippen molar-refractivity contribution in [2.24, 2.45) is 0 Å². The first kappa shape index (κ1) is 16.0. The number of nitrogens with one attached hydrogen (secondary N) is 1. The molecule has 0 saturated carbocycles. The SMILES string of the molecule is O=C(Nc1cccc(-c2nn3cnnc3s2)c1)c1ccc(Cl)cc1Cl. The second-order valence-electron chi connectivity index (χ2n) is 5.12. The van der Waals surface area contributed by atoms with Gasteiger partial charge >= 0.3 is 0 Å². The van der Waals surface area contributed by atoms with Crippen LogP contribution in [0.15, 0.2) is 48.8 Å². The van der Waals surface area contributed by atoms with Gasteiger partial charge in [0.1, 0.15) is 11.3 Å². The minimum Gasteiger partial charge on any atom is -0.322 e. The first-order valence-corrected chi connectivity index (χ1v) is 8.71. The molecule has 4 aromatic rings. The topological polar surface area (TPSA) is 72.2 Å². The van der Waals surface area contributed by atoms with Crippen molar-refractivity contribution in [1.29, 1.82) is 0 Å². The number of rotatable bonds is 3. The predicted molar refractivity (Wildman–Crippen MR) is 98.5 cm³/mol. The fraction of sp³-hybridized carbons (Fsp3) is 0. The molecule has 0 bridgehead atoms. The lowest BCUT2D eigenvalue weighted by atomic mass is 10.2. The second kappa shape index (κ2) is 6.44. The summed E-state index contributed by atoms with van der Waals surface area (Å²) in [6, 6.07) is 12.1. The Balaban J connectivity index is 1.61. The quantitative estimate of drug-likeness (QED) is 0.563. The van der Waals surface area contributed by atoms with E-state index >= 15 is 0 Å². The van der Waals surface area contributed by atoms with Crippen molar-refractivity contribution in [3.63, 3.8) is 0 Å². The van der Waals surface area contributed by atoms with Crippen molar-refractivity contribution in [3.8, 4) is 10.6 Å². The van der Waals surface area contributed by atoms with E-state index in [9.17, 15) is 4.79 Å². The van der Waals surface area contributed by atoms with Crippen LogP contribution < -0.4 is 5.32 Å². The molecule has 0 aliphatic rings. The molecule has 0 radical (unpaired) electrons. The highest BCUT2D eigenvalue weighted by molar-refractivity contribution is 7.19. The molecule has 25 heavy (non-hydrogen) atoms. The maximum atomic E-state index is 12.4. The van der Waals surface area contributed by atoms with Crippen LogP contribution in [-0.4, -0.2) is 25.7 Å². The van der Waals surface area contributed by atoms with Gasteiger partial charge in [0, 0.05) is 16.3 Å². The van der Waals surface area contributed by atoms with Gasteiger partial charge < -0.3 is 5.32 Å². The molecule has 0 spiro atoms. The largest absolute Gasteiger partial charge is 0.322 e. The molecule has 0 fully saturated rings. The Morgan fingerprint density at radius 3 is 2.84 bits per heavy atom. The molecule has 2 heterocycles. The van der Waals surface area contributed by atoms with E-state index in [1.54, 1.807) is 29.0 Å². The van der Waals surface area contributed by atoms with Gasteiger partial charge in [0.2, 0.25) is 4.96 Å². The average molecular weight is 390 g/mol. The summed E-state index contributed by atoms with van der Waals surface area (Å²) in [5, 5.41) is 16.5.